The van der Waals surface area contributed by atoms with Gasteiger partial charge in [-0.2, -0.15) is 0 Å². The molecule has 0 spiro atoms. The Morgan fingerprint density at radius 2 is 1.29 bits per heavy atom. The fourth-order valence-corrected chi connectivity index (χ4v) is 8.77. The molecule has 0 radical (unpaired) electrons. The van der Waals surface area contributed by atoms with E-state index < -0.39 is 0 Å². The molecule has 0 unspecified atom stereocenters. The van der Waals surface area contributed by atoms with Crippen molar-refractivity contribution in [3.63, 3.8) is 0 Å². The van der Waals surface area contributed by atoms with Gasteiger partial charge >= 0.3 is 11.3 Å². The topological polar surface area (TPSA) is 27.0 Å². The van der Waals surface area contributed by atoms with Crippen LogP contribution in [0.4, 0.5) is 11.4 Å². The van der Waals surface area contributed by atoms with Gasteiger partial charge in [0, 0.05) is 65.3 Å². The van der Waals surface area contributed by atoms with Crippen molar-refractivity contribution in [2.24, 2.45) is 0 Å². The zero-order valence-corrected chi connectivity index (χ0v) is 32.2. The highest BCUT2D eigenvalue weighted by Gasteiger charge is 2.23. The molecule has 55 heavy (non-hydrogen) atoms. The number of hydrogen-bond acceptors (Lipinski definition) is 3. The maximum atomic E-state index is 7.28. The first-order chi connectivity index (χ1) is 27.2. The Bertz CT molecular complexity index is 2340. The molecule has 5 heteroatoms. The van der Waals surface area contributed by atoms with Gasteiger partial charge < -0.3 is 14.5 Å². The summed E-state index contributed by atoms with van der Waals surface area (Å²) in [5, 5.41) is 1.95. The number of nitrogens with zero attached hydrogens (tertiary/aromatic N) is 2. The lowest BCUT2D eigenvalue weighted by molar-refractivity contribution is 0.508. The van der Waals surface area contributed by atoms with E-state index in [1.165, 1.54) is 49.9 Å². The van der Waals surface area contributed by atoms with Crippen LogP contribution in [-0.2, 0) is 0 Å². The lowest BCUT2D eigenvalue weighted by atomic mass is 9.92. The predicted molar refractivity (Wildman–Crippen MR) is 231 cm³/mol. The van der Waals surface area contributed by atoms with Gasteiger partial charge in [0.25, 0.3) is 0 Å². The summed E-state index contributed by atoms with van der Waals surface area (Å²) in [6.45, 7) is 4.39. The van der Waals surface area contributed by atoms with Crippen molar-refractivity contribution in [3.8, 4) is 17.1 Å². The van der Waals surface area contributed by atoms with Crippen LogP contribution in [0.15, 0.2) is 148 Å². The highest BCUT2D eigenvalue weighted by Crippen LogP contribution is 2.41. The minimum Gasteiger partial charge on any atom is -0.456 e. The fraction of sp³-hybridized carbons (Fsp3) is 0.260. The Kier molecular flexibility index (Phi) is 10.4. The first-order valence-electron chi connectivity index (χ1n) is 20.2. The smallest absolute Gasteiger partial charge is 0.363 e. The molecule has 0 amide bonds. The summed E-state index contributed by atoms with van der Waals surface area (Å²) in [4.78, 5) is 4.98. The van der Waals surface area contributed by atoms with Crippen molar-refractivity contribution in [1.29, 1.82) is 0 Å². The number of hydrogen-bond donors (Lipinski definition) is 0. The quantitative estimate of drug-likeness (QED) is 0.155. The van der Waals surface area contributed by atoms with Crippen LogP contribution < -0.4 is 14.5 Å². The van der Waals surface area contributed by atoms with Crippen LogP contribution in [0.25, 0.3) is 39.7 Å². The molecule has 9 rings (SSSR count). The molecule has 1 aromatic heterocycles. The van der Waals surface area contributed by atoms with Crippen LogP contribution in [0.2, 0.25) is 0 Å². The second-order valence-corrected chi connectivity index (χ2v) is 15.6. The number of ether oxygens (including phenoxy) is 1. The zero-order valence-electron chi connectivity index (χ0n) is 31.5. The summed E-state index contributed by atoms with van der Waals surface area (Å²) in [7, 11) is 0. The predicted octanol–water partition coefficient (Wildman–Crippen LogP) is 13.5. The maximum absolute atomic E-state index is 7.28. The lowest BCUT2D eigenvalue weighted by Gasteiger charge is -2.30. The summed E-state index contributed by atoms with van der Waals surface area (Å²) in [6, 6.07) is 36.4. The molecule has 4 aliphatic rings. The molecule has 4 aromatic carbocycles. The van der Waals surface area contributed by atoms with Crippen LogP contribution in [0, 0.1) is 0 Å². The summed E-state index contributed by atoms with van der Waals surface area (Å²) in [5.74, 6) is 2.63. The van der Waals surface area contributed by atoms with Gasteiger partial charge in [0.15, 0.2) is 0 Å². The summed E-state index contributed by atoms with van der Waals surface area (Å²) in [5.41, 5.74) is 11.2. The largest absolute Gasteiger partial charge is 0.456 e. The molecule has 0 bridgehead atoms. The van der Waals surface area contributed by atoms with E-state index in [2.05, 4.69) is 131 Å². The van der Waals surface area contributed by atoms with E-state index in [1.54, 1.807) is 0 Å². The van der Waals surface area contributed by atoms with E-state index in [9.17, 15) is 0 Å². The molecule has 0 atom stereocenters. The van der Waals surface area contributed by atoms with Crippen LogP contribution in [0.1, 0.15) is 74.5 Å². The van der Waals surface area contributed by atoms with Crippen LogP contribution in [0.5, 0.6) is 5.75 Å². The number of allylic oxidation sites excluding steroid dienone is 8. The third kappa shape index (κ3) is 7.79. The minimum atomic E-state index is 0.847. The highest BCUT2D eigenvalue weighted by molar-refractivity contribution is 6.32. The highest BCUT2D eigenvalue weighted by atomic mass is 35.5. The van der Waals surface area contributed by atoms with Gasteiger partial charge in [0.05, 0.1) is 23.1 Å². The van der Waals surface area contributed by atoms with Crippen molar-refractivity contribution in [2.45, 2.75) is 57.8 Å². The SMILES string of the molecule is ClC1=C(/C=C/c2cc(-c3ccccc3)[o+]c3cc(N4CCCCC4)ccc23)CCC/C1=C\C=C1/C=C(c2ccccc2)Oc2cc(N3CCCCC3)ccc21. The van der Waals surface area contributed by atoms with E-state index in [0.29, 0.717) is 0 Å². The van der Waals surface area contributed by atoms with Crippen molar-refractivity contribution < 1.29 is 9.15 Å². The van der Waals surface area contributed by atoms with Crippen molar-refractivity contribution in [1.82, 2.24) is 0 Å². The molecule has 3 aliphatic heterocycles. The number of rotatable bonds is 7. The van der Waals surface area contributed by atoms with Gasteiger partial charge in [-0.05, 0) is 117 Å². The van der Waals surface area contributed by atoms with Crippen LogP contribution >= 0.6 is 11.6 Å². The molecule has 0 saturated carbocycles. The molecular weight excluding hydrogens is 696 g/mol. The molecule has 4 heterocycles. The van der Waals surface area contributed by atoms with Gasteiger partial charge in [0.2, 0.25) is 0 Å². The van der Waals surface area contributed by atoms with Crippen molar-refractivity contribution >= 4 is 51.4 Å². The van der Waals surface area contributed by atoms with Gasteiger partial charge in [-0.3, -0.25) is 0 Å². The summed E-state index contributed by atoms with van der Waals surface area (Å²) < 4.78 is 13.2. The Balaban J connectivity index is 1.05. The Labute approximate surface area is 330 Å². The van der Waals surface area contributed by atoms with Crippen molar-refractivity contribution in [3.05, 3.63) is 160 Å². The second kappa shape index (κ2) is 16.2. The number of fused-ring (bicyclic) bond motifs is 2. The molecule has 5 aromatic rings. The number of piperidine rings is 2. The average Bonchev–Trinajstić information content (AvgIpc) is 3.26. The fourth-order valence-electron chi connectivity index (χ4n) is 8.45. The molecular formula is C50H48ClN2O2+. The lowest BCUT2D eigenvalue weighted by Crippen LogP contribution is -2.29. The molecule has 1 aliphatic carbocycles. The van der Waals surface area contributed by atoms with Gasteiger partial charge in [0.1, 0.15) is 11.5 Å². The number of halogens is 1. The Morgan fingerprint density at radius 1 is 0.618 bits per heavy atom. The van der Waals surface area contributed by atoms with Crippen LogP contribution in [-0.4, -0.2) is 26.2 Å². The first kappa shape index (κ1) is 35.4. The molecule has 2 saturated heterocycles. The second-order valence-electron chi connectivity index (χ2n) is 15.2. The average molecular weight is 744 g/mol. The molecule has 4 nitrogen and oxygen atoms in total. The first-order valence-corrected chi connectivity index (χ1v) is 20.6. The molecule has 2 fully saturated rings. The Morgan fingerprint density at radius 3 is 2.02 bits per heavy atom. The number of benzene rings is 4. The summed E-state index contributed by atoms with van der Waals surface area (Å²) >= 11 is 7.28. The van der Waals surface area contributed by atoms with Gasteiger partial charge in [-0.25, -0.2) is 4.42 Å². The minimum absolute atomic E-state index is 0.847. The van der Waals surface area contributed by atoms with E-state index in [1.807, 2.05) is 12.1 Å². The zero-order chi connectivity index (χ0) is 37.0. The van der Waals surface area contributed by atoms with Gasteiger partial charge in [-0.1, -0.05) is 84.4 Å². The third-order valence-electron chi connectivity index (χ3n) is 11.5. The standard InChI is InChI=1S/C50H48ClN2O2/c51-50-38(20-22-40-32-46(36-14-5-1-6-15-36)54-48-34-42(24-26-44(40)48)52-28-9-3-10-29-52)18-13-19-39(50)21-23-41-33-47(37-16-7-2-8-17-37)55-49-35-43(25-27-45(41)49)53-30-11-4-12-31-53/h1-2,5-8,14-17,20-27,32-35H,3-4,9-13,18-19,28-31H2/q+1. The van der Waals surface area contributed by atoms with E-state index in [4.69, 9.17) is 20.8 Å². The molecule has 276 valence electrons. The van der Waals surface area contributed by atoms with Gasteiger partial charge in [-0.15, -0.1) is 0 Å². The summed E-state index contributed by atoms with van der Waals surface area (Å²) in [6.07, 6.45) is 21.6. The van der Waals surface area contributed by atoms with E-state index >= 15 is 0 Å². The Hall–Kier alpha value is -5.32. The van der Waals surface area contributed by atoms with Crippen LogP contribution in [0.3, 0.4) is 0 Å². The maximum Gasteiger partial charge on any atom is 0.363 e. The van der Waals surface area contributed by atoms with E-state index in [0.717, 1.165) is 118 Å². The van der Waals surface area contributed by atoms with Crippen molar-refractivity contribution in [2.75, 3.05) is 36.0 Å². The monoisotopic (exact) mass is 743 g/mol. The third-order valence-corrected chi connectivity index (χ3v) is 12.0. The van der Waals surface area contributed by atoms with E-state index in [-0.39, 0.29) is 0 Å². The normalized spacial score (nSPS) is 19.3. The number of anilines is 2. The molecule has 0 N–H and O–H groups in total.